The van der Waals surface area contributed by atoms with Gasteiger partial charge in [0.25, 0.3) is 0 Å². The number of amides is 1. The van der Waals surface area contributed by atoms with E-state index in [1.165, 1.54) is 6.92 Å². The van der Waals surface area contributed by atoms with E-state index in [4.69, 9.17) is 14.5 Å². The van der Waals surface area contributed by atoms with E-state index in [-0.39, 0.29) is 37.3 Å². The molecule has 146 valence electrons. The molecule has 7 nitrogen and oxygen atoms in total. The third-order valence-corrected chi connectivity index (χ3v) is 4.40. The van der Waals surface area contributed by atoms with Crippen LogP contribution in [0.2, 0.25) is 0 Å². The lowest BCUT2D eigenvalue weighted by molar-refractivity contribution is -0.147. The number of ether oxygens (including phenoxy) is 2. The summed E-state index contributed by atoms with van der Waals surface area (Å²) in [6, 6.07) is 5.47. The Morgan fingerprint density at radius 3 is 2.41 bits per heavy atom. The molecular formula is C20H26N2O5. The molecule has 0 aromatic heterocycles. The molecule has 1 aromatic carbocycles. The number of anilines is 1. The number of benzene rings is 1. The summed E-state index contributed by atoms with van der Waals surface area (Å²) in [5.41, 5.74) is 2.26. The van der Waals surface area contributed by atoms with Gasteiger partial charge in [-0.25, -0.2) is 0 Å². The zero-order chi connectivity index (χ0) is 20.0. The van der Waals surface area contributed by atoms with Crippen molar-refractivity contribution < 1.29 is 23.9 Å². The first-order valence-electron chi connectivity index (χ1n) is 9.11. The molecular weight excluding hydrogens is 348 g/mol. The van der Waals surface area contributed by atoms with Crippen molar-refractivity contribution in [3.63, 3.8) is 0 Å². The van der Waals surface area contributed by atoms with Crippen molar-refractivity contribution in [1.82, 2.24) is 0 Å². The Kier molecular flexibility index (Phi) is 6.71. The second-order valence-corrected chi connectivity index (χ2v) is 6.46. The van der Waals surface area contributed by atoms with Crippen LogP contribution in [0.25, 0.3) is 0 Å². The Labute approximate surface area is 159 Å². The van der Waals surface area contributed by atoms with Crippen LogP contribution in [-0.2, 0) is 29.4 Å². The summed E-state index contributed by atoms with van der Waals surface area (Å²) in [5, 5.41) is 2.75. The van der Waals surface area contributed by atoms with Gasteiger partial charge in [0.1, 0.15) is 0 Å². The van der Waals surface area contributed by atoms with E-state index in [0.717, 1.165) is 16.8 Å². The molecule has 27 heavy (non-hydrogen) atoms. The maximum atomic E-state index is 12.2. The van der Waals surface area contributed by atoms with E-state index in [1.807, 2.05) is 19.1 Å². The zero-order valence-electron chi connectivity index (χ0n) is 16.3. The van der Waals surface area contributed by atoms with Gasteiger partial charge in [-0.05, 0) is 44.9 Å². The summed E-state index contributed by atoms with van der Waals surface area (Å²) in [6.07, 6.45) is 0.537. The molecule has 0 fully saturated rings. The molecule has 0 aliphatic carbocycles. The molecule has 1 atom stereocenters. The van der Waals surface area contributed by atoms with Crippen molar-refractivity contribution >= 4 is 29.2 Å². The molecule has 0 radical (unpaired) electrons. The van der Waals surface area contributed by atoms with Gasteiger partial charge in [0.2, 0.25) is 5.91 Å². The highest BCUT2D eigenvalue weighted by Gasteiger charge is 2.41. The average Bonchev–Trinajstić information content (AvgIpc) is 2.85. The maximum Gasteiger partial charge on any atom is 0.308 e. The number of nitrogens with one attached hydrogen (secondary N) is 1. The van der Waals surface area contributed by atoms with Crippen LogP contribution >= 0.6 is 0 Å². The summed E-state index contributed by atoms with van der Waals surface area (Å²) >= 11 is 0. The van der Waals surface area contributed by atoms with E-state index >= 15 is 0 Å². The number of carbonyl (C=O) groups excluding carboxylic acids is 3. The molecule has 0 bridgehead atoms. The van der Waals surface area contributed by atoms with Crippen LogP contribution in [0.5, 0.6) is 0 Å². The summed E-state index contributed by atoms with van der Waals surface area (Å²) < 4.78 is 10.2. The number of fused-ring (bicyclic) bond motifs is 1. The zero-order valence-corrected chi connectivity index (χ0v) is 16.3. The number of rotatable bonds is 8. The molecule has 0 saturated heterocycles. The molecule has 0 saturated carbocycles. The minimum absolute atomic E-state index is 0.0457. The van der Waals surface area contributed by atoms with Crippen molar-refractivity contribution in [1.29, 1.82) is 0 Å². The Morgan fingerprint density at radius 2 is 1.78 bits per heavy atom. The van der Waals surface area contributed by atoms with E-state index < -0.39 is 5.54 Å². The predicted molar refractivity (Wildman–Crippen MR) is 102 cm³/mol. The van der Waals surface area contributed by atoms with E-state index in [1.54, 1.807) is 19.9 Å². The van der Waals surface area contributed by atoms with Crippen LogP contribution in [0.15, 0.2) is 23.2 Å². The molecule has 0 spiro atoms. The van der Waals surface area contributed by atoms with Gasteiger partial charge in [-0.1, -0.05) is 6.07 Å². The molecule has 1 unspecified atom stereocenters. The van der Waals surface area contributed by atoms with Gasteiger partial charge in [-0.2, -0.15) is 0 Å². The Balaban J connectivity index is 2.38. The minimum atomic E-state index is -0.868. The smallest absolute Gasteiger partial charge is 0.308 e. The topological polar surface area (TPSA) is 94.1 Å². The van der Waals surface area contributed by atoms with Gasteiger partial charge in [-0.15, -0.1) is 0 Å². The van der Waals surface area contributed by atoms with Crippen LogP contribution in [0.1, 0.15) is 58.1 Å². The number of esters is 2. The molecule has 7 heteroatoms. The largest absolute Gasteiger partial charge is 0.466 e. The van der Waals surface area contributed by atoms with Crippen LogP contribution in [0.3, 0.4) is 0 Å². The van der Waals surface area contributed by atoms with Gasteiger partial charge < -0.3 is 14.8 Å². The molecule has 1 aromatic rings. The molecule has 1 N–H and O–H groups in total. The Morgan fingerprint density at radius 1 is 1.11 bits per heavy atom. The van der Waals surface area contributed by atoms with E-state index in [0.29, 0.717) is 18.7 Å². The molecule has 1 amide bonds. The van der Waals surface area contributed by atoms with Crippen LogP contribution < -0.4 is 5.32 Å². The lowest BCUT2D eigenvalue weighted by atomic mass is 9.82. The van der Waals surface area contributed by atoms with Crippen molar-refractivity contribution in [3.8, 4) is 0 Å². The van der Waals surface area contributed by atoms with Crippen molar-refractivity contribution in [2.45, 2.75) is 52.5 Å². The quantitative estimate of drug-likeness (QED) is 0.706. The number of carbonyl (C=O) groups is 3. The average molecular weight is 374 g/mol. The summed E-state index contributed by atoms with van der Waals surface area (Å²) in [6.45, 7) is 7.39. The number of nitrogens with zero attached hydrogens (tertiary/aromatic N) is 1. The molecule has 1 aliphatic heterocycles. The van der Waals surface area contributed by atoms with Gasteiger partial charge in [0.05, 0.1) is 25.2 Å². The highest BCUT2D eigenvalue weighted by molar-refractivity contribution is 6.05. The highest BCUT2D eigenvalue weighted by atomic mass is 16.5. The fourth-order valence-electron chi connectivity index (χ4n) is 3.38. The summed E-state index contributed by atoms with van der Waals surface area (Å²) in [5.74, 6) is -0.851. The monoisotopic (exact) mass is 374 g/mol. The molecule has 2 rings (SSSR count). The lowest BCUT2D eigenvalue weighted by Crippen LogP contribution is -2.28. The second kappa shape index (κ2) is 8.79. The van der Waals surface area contributed by atoms with Gasteiger partial charge in [0.15, 0.2) is 0 Å². The fourth-order valence-corrected chi connectivity index (χ4v) is 3.38. The first-order chi connectivity index (χ1) is 12.8. The maximum absolute atomic E-state index is 12.2. The normalized spacial score (nSPS) is 17.7. The number of aliphatic imine (C=N–C) groups is 1. The van der Waals surface area contributed by atoms with E-state index in [9.17, 15) is 14.4 Å². The van der Waals surface area contributed by atoms with Crippen molar-refractivity contribution in [3.05, 3.63) is 29.3 Å². The summed E-state index contributed by atoms with van der Waals surface area (Å²) in [7, 11) is 0. The lowest BCUT2D eigenvalue weighted by Gasteiger charge is -2.27. The third kappa shape index (κ3) is 4.93. The van der Waals surface area contributed by atoms with Crippen LogP contribution in [0.4, 0.5) is 5.69 Å². The van der Waals surface area contributed by atoms with Crippen LogP contribution in [-0.4, -0.2) is 36.8 Å². The van der Waals surface area contributed by atoms with Crippen molar-refractivity contribution in [2.24, 2.45) is 4.99 Å². The standard InChI is InChI=1S/C20H26N2O5/c1-5-26-18(24)9-10-20(12-19(25)27-6-2)17-8-7-15(21-14(4)23)11-16(17)13(3)22-20/h7-8,11H,5-6,9-10,12H2,1-4H3,(H,21,23). The highest BCUT2D eigenvalue weighted by Crippen LogP contribution is 2.43. The molecule has 1 aliphatic rings. The van der Waals surface area contributed by atoms with E-state index in [2.05, 4.69) is 5.32 Å². The molecule has 1 heterocycles. The fraction of sp³-hybridized carbons (Fsp3) is 0.500. The third-order valence-electron chi connectivity index (χ3n) is 4.40. The minimum Gasteiger partial charge on any atom is -0.466 e. The number of hydrogen-bond donors (Lipinski definition) is 1. The SMILES string of the molecule is CCOC(=O)CCC1(CC(=O)OCC)N=C(C)c2cc(NC(C)=O)ccc21. The van der Waals surface area contributed by atoms with Crippen molar-refractivity contribution in [2.75, 3.05) is 18.5 Å². The Bertz CT molecular complexity index is 772. The second-order valence-electron chi connectivity index (χ2n) is 6.46. The predicted octanol–water partition coefficient (Wildman–Crippen LogP) is 2.96. The first-order valence-corrected chi connectivity index (χ1v) is 9.11. The van der Waals surface area contributed by atoms with Gasteiger partial charge >= 0.3 is 11.9 Å². The summed E-state index contributed by atoms with van der Waals surface area (Å²) in [4.78, 5) is 40.2. The van der Waals surface area contributed by atoms with Gasteiger partial charge in [0, 0.05) is 30.3 Å². The Hall–Kier alpha value is -2.70. The van der Waals surface area contributed by atoms with Crippen LogP contribution in [0, 0.1) is 0 Å². The van der Waals surface area contributed by atoms with Gasteiger partial charge in [-0.3, -0.25) is 19.4 Å². The number of hydrogen-bond acceptors (Lipinski definition) is 6. The first kappa shape index (κ1) is 20.6.